The van der Waals surface area contributed by atoms with E-state index in [9.17, 15) is 9.59 Å². The van der Waals surface area contributed by atoms with Crippen molar-refractivity contribution in [3.05, 3.63) is 135 Å². The Morgan fingerprint density at radius 1 is 0.757 bits per heavy atom. The molecule has 1 aliphatic rings. The van der Waals surface area contributed by atoms with Crippen LogP contribution in [0.2, 0.25) is 0 Å². The topological polar surface area (TPSA) is 59.8 Å². The van der Waals surface area contributed by atoms with Crippen molar-refractivity contribution in [3.8, 4) is 11.5 Å². The van der Waals surface area contributed by atoms with Gasteiger partial charge in [0, 0.05) is 5.69 Å². The Kier molecular flexibility index (Phi) is 5.41. The van der Waals surface area contributed by atoms with Crippen LogP contribution in [0.3, 0.4) is 0 Å². The van der Waals surface area contributed by atoms with E-state index in [1.54, 1.807) is 4.90 Å². The standard InChI is InChI=1S/C32H25NO4/c1-19-9-7-11-23(15-19)33-29(22-10-8-14-25(18-22)36-24-12-5-4-6-13-24)28-30(34)26-16-20(2)21(3)17-27(26)37-31(28)32(33)35/h4-18,29H,1-3H3. The molecule has 1 amide bonds. The molecule has 5 nitrogen and oxygen atoms in total. The number of carbonyl (C=O) groups is 1. The Labute approximate surface area is 214 Å². The maximum absolute atomic E-state index is 14.0. The van der Waals surface area contributed by atoms with Crippen LogP contribution in [-0.2, 0) is 0 Å². The molecule has 0 N–H and O–H groups in total. The van der Waals surface area contributed by atoms with Gasteiger partial charge in [-0.3, -0.25) is 14.5 Å². The van der Waals surface area contributed by atoms with Crippen molar-refractivity contribution >= 4 is 22.6 Å². The van der Waals surface area contributed by atoms with Crippen molar-refractivity contribution in [2.45, 2.75) is 26.8 Å². The van der Waals surface area contributed by atoms with Gasteiger partial charge in [-0.2, -0.15) is 0 Å². The number of nitrogens with zero attached hydrogens (tertiary/aromatic N) is 1. The molecule has 4 aromatic carbocycles. The Bertz CT molecular complexity index is 1740. The average Bonchev–Trinajstić information content (AvgIpc) is 3.18. The van der Waals surface area contributed by atoms with Crippen molar-refractivity contribution in [2.24, 2.45) is 0 Å². The van der Waals surface area contributed by atoms with Crippen LogP contribution >= 0.6 is 0 Å². The molecular weight excluding hydrogens is 462 g/mol. The van der Waals surface area contributed by atoms with Crippen molar-refractivity contribution < 1.29 is 13.9 Å². The van der Waals surface area contributed by atoms with Crippen molar-refractivity contribution in [3.63, 3.8) is 0 Å². The van der Waals surface area contributed by atoms with Crippen LogP contribution in [0.5, 0.6) is 11.5 Å². The summed E-state index contributed by atoms with van der Waals surface area (Å²) in [7, 11) is 0. The number of rotatable bonds is 4. The number of aryl methyl sites for hydroxylation is 3. The van der Waals surface area contributed by atoms with Gasteiger partial charge in [0.25, 0.3) is 5.91 Å². The minimum Gasteiger partial charge on any atom is -0.457 e. The Hall–Kier alpha value is -4.64. The van der Waals surface area contributed by atoms with Gasteiger partial charge in [0.05, 0.1) is 17.0 Å². The zero-order valence-corrected chi connectivity index (χ0v) is 20.8. The molecule has 182 valence electrons. The Morgan fingerprint density at radius 3 is 2.27 bits per heavy atom. The molecule has 5 heteroatoms. The summed E-state index contributed by atoms with van der Waals surface area (Å²) in [6, 6.07) is 27.8. The van der Waals surface area contributed by atoms with Gasteiger partial charge in [0.1, 0.15) is 17.1 Å². The molecule has 6 rings (SSSR count). The number of hydrogen-bond donors (Lipinski definition) is 0. The van der Waals surface area contributed by atoms with Crippen LogP contribution in [0, 0.1) is 20.8 Å². The van der Waals surface area contributed by atoms with Crippen LogP contribution < -0.4 is 15.1 Å². The maximum Gasteiger partial charge on any atom is 0.295 e. The first-order valence-corrected chi connectivity index (χ1v) is 12.2. The van der Waals surface area contributed by atoms with Crippen LogP contribution in [0.4, 0.5) is 5.69 Å². The Morgan fingerprint density at radius 2 is 1.49 bits per heavy atom. The third kappa shape index (κ3) is 3.89. The van der Waals surface area contributed by atoms with E-state index >= 15 is 0 Å². The third-order valence-corrected chi connectivity index (χ3v) is 6.92. The summed E-state index contributed by atoms with van der Waals surface area (Å²) in [6.45, 7) is 5.90. The minimum atomic E-state index is -0.661. The second-order valence-corrected chi connectivity index (χ2v) is 9.51. The molecule has 1 aliphatic heterocycles. The highest BCUT2D eigenvalue weighted by atomic mass is 16.5. The molecule has 1 aromatic heterocycles. The number of anilines is 1. The molecule has 1 unspecified atom stereocenters. The van der Waals surface area contributed by atoms with Crippen molar-refractivity contribution in [1.29, 1.82) is 0 Å². The SMILES string of the molecule is Cc1cccc(N2C(=O)c3oc4cc(C)c(C)cc4c(=O)c3C2c2cccc(Oc3ccccc3)c2)c1. The van der Waals surface area contributed by atoms with Crippen LogP contribution in [0.25, 0.3) is 11.0 Å². The van der Waals surface area contributed by atoms with E-state index in [1.165, 1.54) is 0 Å². The molecule has 1 atom stereocenters. The number of para-hydroxylation sites is 1. The summed E-state index contributed by atoms with van der Waals surface area (Å²) in [5, 5.41) is 0.474. The summed E-state index contributed by atoms with van der Waals surface area (Å²) in [6.07, 6.45) is 0. The first kappa shape index (κ1) is 22.8. The van der Waals surface area contributed by atoms with Gasteiger partial charge in [-0.25, -0.2) is 0 Å². The van der Waals surface area contributed by atoms with E-state index in [-0.39, 0.29) is 17.1 Å². The molecule has 37 heavy (non-hydrogen) atoms. The normalized spacial score (nSPS) is 14.7. The number of fused-ring (bicyclic) bond motifs is 2. The van der Waals surface area contributed by atoms with Gasteiger partial charge in [-0.15, -0.1) is 0 Å². The van der Waals surface area contributed by atoms with Crippen molar-refractivity contribution in [1.82, 2.24) is 0 Å². The highest BCUT2D eigenvalue weighted by molar-refractivity contribution is 6.10. The molecule has 0 aliphatic carbocycles. The zero-order chi connectivity index (χ0) is 25.7. The minimum absolute atomic E-state index is 0.0849. The van der Waals surface area contributed by atoms with Crippen LogP contribution in [-0.4, -0.2) is 5.91 Å². The van der Waals surface area contributed by atoms with Gasteiger partial charge in [-0.1, -0.05) is 42.5 Å². The van der Waals surface area contributed by atoms with Gasteiger partial charge < -0.3 is 9.15 Å². The fourth-order valence-corrected chi connectivity index (χ4v) is 4.96. The van der Waals surface area contributed by atoms with E-state index in [0.29, 0.717) is 33.7 Å². The van der Waals surface area contributed by atoms with E-state index in [0.717, 1.165) is 22.3 Å². The Balaban J connectivity index is 1.57. The molecule has 0 bridgehead atoms. The highest BCUT2D eigenvalue weighted by Gasteiger charge is 2.43. The molecular formula is C32H25NO4. The van der Waals surface area contributed by atoms with Gasteiger partial charge >= 0.3 is 0 Å². The summed E-state index contributed by atoms with van der Waals surface area (Å²) < 4.78 is 12.2. The lowest BCUT2D eigenvalue weighted by Gasteiger charge is -2.26. The number of carbonyl (C=O) groups excluding carboxylic acids is 1. The number of benzene rings is 4. The quantitative estimate of drug-likeness (QED) is 0.268. The number of hydrogen-bond acceptors (Lipinski definition) is 4. The van der Waals surface area contributed by atoms with E-state index in [2.05, 4.69) is 0 Å². The van der Waals surface area contributed by atoms with Gasteiger partial charge in [-0.05, 0) is 91.6 Å². The lowest BCUT2D eigenvalue weighted by atomic mass is 9.97. The monoisotopic (exact) mass is 487 g/mol. The highest BCUT2D eigenvalue weighted by Crippen LogP contribution is 2.42. The fourth-order valence-electron chi connectivity index (χ4n) is 4.96. The molecule has 5 aromatic rings. The van der Waals surface area contributed by atoms with Gasteiger partial charge in [0.15, 0.2) is 5.43 Å². The number of ether oxygens (including phenoxy) is 1. The lowest BCUT2D eigenvalue weighted by Crippen LogP contribution is -2.29. The van der Waals surface area contributed by atoms with E-state index in [1.807, 2.05) is 112 Å². The maximum atomic E-state index is 14.0. The molecule has 0 spiro atoms. The third-order valence-electron chi connectivity index (χ3n) is 6.92. The summed E-state index contributed by atoms with van der Waals surface area (Å²) >= 11 is 0. The van der Waals surface area contributed by atoms with Crippen LogP contribution in [0.1, 0.15) is 44.4 Å². The van der Waals surface area contributed by atoms with E-state index in [4.69, 9.17) is 9.15 Å². The second-order valence-electron chi connectivity index (χ2n) is 9.51. The molecule has 0 saturated heterocycles. The van der Waals surface area contributed by atoms with Crippen LogP contribution in [0.15, 0.2) is 100 Å². The molecule has 0 saturated carbocycles. The zero-order valence-electron chi connectivity index (χ0n) is 20.8. The first-order valence-electron chi connectivity index (χ1n) is 12.2. The lowest BCUT2D eigenvalue weighted by molar-refractivity contribution is 0.0971. The van der Waals surface area contributed by atoms with E-state index < -0.39 is 6.04 Å². The smallest absolute Gasteiger partial charge is 0.295 e. The number of amides is 1. The predicted molar refractivity (Wildman–Crippen MR) is 145 cm³/mol. The predicted octanol–water partition coefficient (Wildman–Crippen LogP) is 7.26. The molecule has 0 radical (unpaired) electrons. The average molecular weight is 488 g/mol. The molecule has 0 fully saturated rings. The summed E-state index contributed by atoms with van der Waals surface area (Å²) in [4.78, 5) is 29.5. The summed E-state index contributed by atoms with van der Waals surface area (Å²) in [5.41, 5.74) is 5.04. The largest absolute Gasteiger partial charge is 0.457 e. The fraction of sp³-hybridized carbons (Fsp3) is 0.125. The first-order chi connectivity index (χ1) is 17.9. The second kappa shape index (κ2) is 8.79. The summed E-state index contributed by atoms with van der Waals surface area (Å²) in [5.74, 6) is 1.07. The van der Waals surface area contributed by atoms with Crippen molar-refractivity contribution in [2.75, 3.05) is 4.90 Å². The van der Waals surface area contributed by atoms with Gasteiger partial charge in [0.2, 0.25) is 5.76 Å². The molecule has 2 heterocycles.